The lowest BCUT2D eigenvalue weighted by Crippen LogP contribution is -2.55. The first kappa shape index (κ1) is 18.6. The van der Waals surface area contributed by atoms with Crippen LogP contribution < -0.4 is 5.32 Å². The zero-order valence-corrected chi connectivity index (χ0v) is 14.3. The molecule has 1 aliphatic rings. The number of nitrogens with zero attached hydrogens (tertiary/aromatic N) is 2. The molecule has 0 radical (unpaired) electrons. The highest BCUT2D eigenvalue weighted by Crippen LogP contribution is 2.19. The molecule has 0 saturated carbocycles. The van der Waals surface area contributed by atoms with E-state index < -0.39 is 5.54 Å². The smallest absolute Gasteiger partial charge is 0.247 e. The average molecular weight is 310 g/mol. The average Bonchev–Trinajstić information content (AvgIpc) is 2.87. The monoisotopic (exact) mass is 310 g/mol. The van der Waals surface area contributed by atoms with Gasteiger partial charge < -0.3 is 15.1 Å². The van der Waals surface area contributed by atoms with Crippen LogP contribution in [0.1, 0.15) is 46.5 Å². The Morgan fingerprint density at radius 1 is 1.55 bits per heavy atom. The molecule has 1 rings (SSSR count). The van der Waals surface area contributed by atoms with Crippen LogP contribution in [0.4, 0.5) is 0 Å². The summed E-state index contributed by atoms with van der Waals surface area (Å²) in [6, 6.07) is 0. The van der Waals surface area contributed by atoms with Crippen LogP contribution >= 0.6 is 0 Å². The van der Waals surface area contributed by atoms with E-state index in [1.54, 1.807) is 7.05 Å². The highest BCUT2D eigenvalue weighted by molar-refractivity contribution is 5.93. The molecule has 2 amide bonds. The van der Waals surface area contributed by atoms with Crippen LogP contribution in [0.15, 0.2) is 0 Å². The predicted octanol–water partition coefficient (Wildman–Crippen LogP) is 1.46. The highest BCUT2D eigenvalue weighted by Gasteiger charge is 2.35. The fraction of sp³-hybridized carbons (Fsp3) is 0.812. The summed E-state index contributed by atoms with van der Waals surface area (Å²) in [7, 11) is 1.78. The topological polar surface area (TPSA) is 76.5 Å². The van der Waals surface area contributed by atoms with Crippen molar-refractivity contribution in [3.63, 3.8) is 0 Å². The number of hydrogen-bond acceptors (Lipinski definition) is 4. The minimum absolute atomic E-state index is 0.0774. The molecule has 1 heterocycles. The van der Waals surface area contributed by atoms with Gasteiger partial charge in [0.1, 0.15) is 0 Å². The normalized spacial score (nSPS) is 17.7. The van der Waals surface area contributed by atoms with Gasteiger partial charge in [-0.05, 0) is 39.2 Å². The molecule has 0 aliphatic carbocycles. The molecule has 0 aromatic carbocycles. The Morgan fingerprint density at radius 3 is 2.68 bits per heavy atom. The molecule has 6 nitrogen and oxygen atoms in total. The number of carbonyl (C=O) groups is 2. The summed E-state index contributed by atoms with van der Waals surface area (Å²) in [4.78, 5) is 27.6. The summed E-state index contributed by atoms with van der Waals surface area (Å²) in [5, 5.41) is 10.6. The number of hydrogen-bond donors (Lipinski definition) is 2. The minimum Gasteiger partial charge on any atom is -0.343 e. The third kappa shape index (κ3) is 4.80. The first-order valence-corrected chi connectivity index (χ1v) is 8.12. The summed E-state index contributed by atoms with van der Waals surface area (Å²) < 4.78 is 0. The van der Waals surface area contributed by atoms with Crippen LogP contribution in [0.2, 0.25) is 0 Å². The van der Waals surface area contributed by atoms with Gasteiger partial charge in [0.2, 0.25) is 11.8 Å². The fourth-order valence-corrected chi connectivity index (χ4v) is 3.03. The summed E-state index contributed by atoms with van der Waals surface area (Å²) >= 11 is 0. The van der Waals surface area contributed by atoms with Gasteiger partial charge >= 0.3 is 0 Å². The van der Waals surface area contributed by atoms with Gasteiger partial charge in [0.25, 0.3) is 0 Å². The molecule has 22 heavy (non-hydrogen) atoms. The second-order valence-electron chi connectivity index (χ2n) is 6.65. The van der Waals surface area contributed by atoms with Crippen molar-refractivity contribution in [3.8, 4) is 0 Å². The third-order valence-electron chi connectivity index (χ3n) is 4.26. The molecule has 1 unspecified atom stereocenters. The maximum absolute atomic E-state index is 12.7. The molecule has 1 aliphatic heterocycles. The van der Waals surface area contributed by atoms with E-state index in [1.165, 1.54) is 4.90 Å². The number of amides is 2. The van der Waals surface area contributed by atoms with E-state index in [-0.39, 0.29) is 11.8 Å². The summed E-state index contributed by atoms with van der Waals surface area (Å²) in [6.45, 7) is 8.00. The third-order valence-corrected chi connectivity index (χ3v) is 4.26. The van der Waals surface area contributed by atoms with Gasteiger partial charge in [0.15, 0.2) is 0 Å². The molecule has 6 heteroatoms. The SMILES string of the molecule is CNC(C)(CC(C)C)C(=O)N(C=N)CCCN1CCCC1=O. The standard InChI is InChI=1S/C16H30N4O2/c1-13(2)11-16(3,18-4)15(22)20(12-17)10-6-9-19-8-5-7-14(19)21/h12-13,17-18H,5-11H2,1-4H3. The maximum atomic E-state index is 12.7. The lowest BCUT2D eigenvalue weighted by Gasteiger charge is -2.33. The second-order valence-corrected chi connectivity index (χ2v) is 6.65. The van der Waals surface area contributed by atoms with Crippen molar-refractivity contribution in [2.45, 2.75) is 52.0 Å². The Kier molecular flexibility index (Phi) is 7.00. The lowest BCUT2D eigenvalue weighted by atomic mass is 9.89. The molecule has 1 fully saturated rings. The zero-order chi connectivity index (χ0) is 16.8. The largest absolute Gasteiger partial charge is 0.343 e. The molecule has 1 saturated heterocycles. The first-order valence-electron chi connectivity index (χ1n) is 8.12. The van der Waals surface area contributed by atoms with E-state index >= 15 is 0 Å². The quantitative estimate of drug-likeness (QED) is 0.500. The molecule has 126 valence electrons. The van der Waals surface area contributed by atoms with Crippen molar-refractivity contribution in [2.75, 3.05) is 26.7 Å². The minimum atomic E-state index is -0.658. The Bertz CT molecular complexity index is 411. The molecule has 1 atom stereocenters. The number of likely N-dealkylation sites (tertiary alicyclic amines) is 1. The van der Waals surface area contributed by atoms with E-state index in [4.69, 9.17) is 5.41 Å². The number of likely N-dealkylation sites (N-methyl/N-ethyl adjacent to an activating group) is 1. The van der Waals surface area contributed by atoms with Crippen LogP contribution in [0, 0.1) is 11.3 Å². The lowest BCUT2D eigenvalue weighted by molar-refractivity contribution is -0.134. The molecular weight excluding hydrogens is 280 g/mol. The molecule has 0 spiro atoms. The van der Waals surface area contributed by atoms with Gasteiger partial charge in [0, 0.05) is 26.1 Å². The first-order chi connectivity index (χ1) is 10.3. The molecule has 2 N–H and O–H groups in total. The summed E-state index contributed by atoms with van der Waals surface area (Å²) in [6.07, 6.45) is 4.09. The summed E-state index contributed by atoms with van der Waals surface area (Å²) in [5.74, 6) is 0.509. The van der Waals surface area contributed by atoms with Crippen LogP contribution in [0.5, 0.6) is 0 Å². The number of rotatable bonds is 9. The Hall–Kier alpha value is -1.43. The van der Waals surface area contributed by atoms with Gasteiger partial charge in [-0.15, -0.1) is 0 Å². The van der Waals surface area contributed by atoms with Crippen LogP contribution in [0.25, 0.3) is 0 Å². The van der Waals surface area contributed by atoms with E-state index in [1.807, 2.05) is 11.8 Å². The van der Waals surface area contributed by atoms with E-state index in [0.717, 1.165) is 25.7 Å². The van der Waals surface area contributed by atoms with Gasteiger partial charge in [0.05, 0.1) is 11.9 Å². The van der Waals surface area contributed by atoms with Crippen molar-refractivity contribution in [2.24, 2.45) is 5.92 Å². The predicted molar refractivity (Wildman–Crippen MR) is 87.8 cm³/mol. The highest BCUT2D eigenvalue weighted by atomic mass is 16.2. The Labute approximate surface area is 133 Å². The van der Waals surface area contributed by atoms with Gasteiger partial charge in [-0.2, -0.15) is 0 Å². The van der Waals surface area contributed by atoms with Crippen molar-refractivity contribution in [1.82, 2.24) is 15.1 Å². The maximum Gasteiger partial charge on any atom is 0.247 e. The zero-order valence-electron chi connectivity index (χ0n) is 14.3. The van der Waals surface area contributed by atoms with Crippen molar-refractivity contribution >= 4 is 18.2 Å². The fourth-order valence-electron chi connectivity index (χ4n) is 3.03. The van der Waals surface area contributed by atoms with E-state index in [0.29, 0.717) is 31.8 Å². The van der Waals surface area contributed by atoms with Crippen LogP contribution in [0.3, 0.4) is 0 Å². The van der Waals surface area contributed by atoms with Gasteiger partial charge in [-0.25, -0.2) is 0 Å². The van der Waals surface area contributed by atoms with E-state index in [9.17, 15) is 9.59 Å². The van der Waals surface area contributed by atoms with E-state index in [2.05, 4.69) is 19.2 Å². The van der Waals surface area contributed by atoms with Gasteiger partial charge in [-0.1, -0.05) is 13.8 Å². The summed E-state index contributed by atoms with van der Waals surface area (Å²) in [5.41, 5.74) is -0.658. The Morgan fingerprint density at radius 2 is 2.23 bits per heavy atom. The second kappa shape index (κ2) is 8.27. The molecule has 0 bridgehead atoms. The number of nitrogens with one attached hydrogen (secondary N) is 2. The molecular formula is C16H30N4O2. The molecule has 0 aromatic rings. The molecule has 0 aromatic heterocycles. The Balaban J connectivity index is 2.56. The van der Waals surface area contributed by atoms with Crippen molar-refractivity contribution in [3.05, 3.63) is 0 Å². The van der Waals surface area contributed by atoms with Crippen LogP contribution in [-0.4, -0.2) is 60.2 Å². The number of carbonyl (C=O) groups excluding carboxylic acids is 2. The van der Waals surface area contributed by atoms with Crippen molar-refractivity contribution in [1.29, 1.82) is 5.41 Å². The van der Waals surface area contributed by atoms with Crippen LogP contribution in [-0.2, 0) is 9.59 Å². The van der Waals surface area contributed by atoms with Gasteiger partial charge in [-0.3, -0.25) is 15.0 Å². The van der Waals surface area contributed by atoms with Crippen molar-refractivity contribution < 1.29 is 9.59 Å².